The van der Waals surface area contributed by atoms with Crippen LogP contribution in [0, 0.1) is 0 Å². The number of benzene rings is 2. The van der Waals surface area contributed by atoms with E-state index in [9.17, 15) is 22.8 Å². The van der Waals surface area contributed by atoms with Crippen molar-refractivity contribution in [2.45, 2.75) is 25.9 Å². The Balaban J connectivity index is 2.26. The summed E-state index contributed by atoms with van der Waals surface area (Å²) in [7, 11) is 0. The Morgan fingerprint density at radius 1 is 1.15 bits per heavy atom. The number of carboxylic acids is 1. The van der Waals surface area contributed by atoms with Crippen molar-refractivity contribution >= 4 is 17.6 Å². The molecule has 2 aromatic rings. The molecular weight excluding hydrogens is 363 g/mol. The van der Waals surface area contributed by atoms with Crippen LogP contribution in [-0.4, -0.2) is 23.6 Å². The van der Waals surface area contributed by atoms with Crippen molar-refractivity contribution in [1.29, 1.82) is 0 Å². The molecule has 0 aliphatic heterocycles. The first-order valence-corrected chi connectivity index (χ1v) is 8.17. The molecule has 144 valence electrons. The van der Waals surface area contributed by atoms with E-state index in [4.69, 9.17) is 9.84 Å². The molecule has 27 heavy (non-hydrogen) atoms. The van der Waals surface area contributed by atoms with Crippen LogP contribution in [0.2, 0.25) is 0 Å². The van der Waals surface area contributed by atoms with Crippen molar-refractivity contribution < 1.29 is 32.6 Å². The van der Waals surface area contributed by atoms with E-state index in [-0.39, 0.29) is 35.6 Å². The van der Waals surface area contributed by atoms with Gasteiger partial charge in [0.05, 0.1) is 29.8 Å². The number of alkyl halides is 3. The molecule has 0 fully saturated rings. The fourth-order valence-corrected chi connectivity index (χ4v) is 2.39. The maximum absolute atomic E-state index is 13.0. The number of nitrogens with one attached hydrogen (secondary N) is 1. The molecular formula is C19H18F3NO4. The third-order valence-electron chi connectivity index (χ3n) is 3.64. The minimum absolute atomic E-state index is 0.0425. The van der Waals surface area contributed by atoms with Gasteiger partial charge >= 0.3 is 12.1 Å². The van der Waals surface area contributed by atoms with E-state index in [2.05, 4.69) is 5.32 Å². The molecule has 0 spiro atoms. The number of carboxylic acid groups (broad SMARTS) is 1. The highest BCUT2D eigenvalue weighted by atomic mass is 19.4. The lowest BCUT2D eigenvalue weighted by atomic mass is 10.0. The Morgan fingerprint density at radius 2 is 1.85 bits per heavy atom. The second-order valence-corrected chi connectivity index (χ2v) is 5.74. The number of carbonyl (C=O) groups is 2. The fourth-order valence-electron chi connectivity index (χ4n) is 2.39. The molecule has 0 bridgehead atoms. The second kappa shape index (κ2) is 8.57. The molecule has 5 nitrogen and oxygen atoms in total. The van der Waals surface area contributed by atoms with Gasteiger partial charge in [0.15, 0.2) is 0 Å². The number of ether oxygens (including phenoxy) is 1. The van der Waals surface area contributed by atoms with Gasteiger partial charge in [-0.3, -0.25) is 4.79 Å². The predicted octanol–water partition coefficient (Wildman–Crippen LogP) is 4.37. The van der Waals surface area contributed by atoms with E-state index in [0.717, 1.165) is 18.2 Å². The van der Waals surface area contributed by atoms with Gasteiger partial charge in [0, 0.05) is 0 Å². The predicted molar refractivity (Wildman–Crippen MR) is 93.0 cm³/mol. The quantitative estimate of drug-likeness (QED) is 0.747. The van der Waals surface area contributed by atoms with Gasteiger partial charge in [-0.25, -0.2) is 4.79 Å². The van der Waals surface area contributed by atoms with E-state index in [0.29, 0.717) is 6.42 Å². The summed E-state index contributed by atoms with van der Waals surface area (Å²) in [6, 6.07) is 8.75. The topological polar surface area (TPSA) is 75.6 Å². The van der Waals surface area contributed by atoms with E-state index in [1.165, 1.54) is 18.2 Å². The standard InChI is InChI=1S/C19H18F3NO4/c1-2-9-27-16-8-7-13(19(20,21)22)11-15(16)23-17(24)10-12-5-3-4-6-14(12)18(25)26/h3-8,11H,2,9-10H2,1H3,(H,23,24)(H,25,26). The molecule has 0 atom stereocenters. The zero-order valence-electron chi connectivity index (χ0n) is 14.5. The molecule has 0 saturated heterocycles. The smallest absolute Gasteiger partial charge is 0.416 e. The highest BCUT2D eigenvalue weighted by Gasteiger charge is 2.31. The van der Waals surface area contributed by atoms with Crippen molar-refractivity contribution in [2.75, 3.05) is 11.9 Å². The van der Waals surface area contributed by atoms with Crippen LogP contribution in [-0.2, 0) is 17.4 Å². The second-order valence-electron chi connectivity index (χ2n) is 5.74. The van der Waals surface area contributed by atoms with Gasteiger partial charge in [-0.15, -0.1) is 0 Å². The third-order valence-corrected chi connectivity index (χ3v) is 3.64. The Morgan fingerprint density at radius 3 is 2.48 bits per heavy atom. The molecule has 1 amide bonds. The largest absolute Gasteiger partial charge is 0.491 e. The Labute approximate surface area is 153 Å². The van der Waals surface area contributed by atoms with Gasteiger partial charge in [0.25, 0.3) is 0 Å². The minimum atomic E-state index is -4.57. The first-order valence-electron chi connectivity index (χ1n) is 8.17. The van der Waals surface area contributed by atoms with Crippen LogP contribution in [0.4, 0.5) is 18.9 Å². The number of carbonyl (C=O) groups excluding carboxylic acids is 1. The fraction of sp³-hybridized carbons (Fsp3) is 0.263. The molecule has 0 radical (unpaired) electrons. The highest BCUT2D eigenvalue weighted by Crippen LogP contribution is 2.35. The summed E-state index contributed by atoms with van der Waals surface area (Å²) in [6.45, 7) is 2.11. The van der Waals surface area contributed by atoms with Crippen LogP contribution < -0.4 is 10.1 Å². The summed E-state index contributed by atoms with van der Waals surface area (Å²) in [5.74, 6) is -1.72. The van der Waals surface area contributed by atoms with Crippen LogP contribution in [0.5, 0.6) is 5.75 Å². The molecule has 8 heteroatoms. The highest BCUT2D eigenvalue weighted by molar-refractivity contribution is 5.96. The summed E-state index contributed by atoms with van der Waals surface area (Å²) >= 11 is 0. The number of anilines is 1. The molecule has 0 aliphatic carbocycles. The monoisotopic (exact) mass is 381 g/mol. The minimum Gasteiger partial charge on any atom is -0.491 e. The van der Waals surface area contributed by atoms with Gasteiger partial charge in [-0.2, -0.15) is 13.2 Å². The zero-order chi connectivity index (χ0) is 20.0. The van der Waals surface area contributed by atoms with Gasteiger partial charge < -0.3 is 15.2 Å². The number of rotatable bonds is 7. The van der Waals surface area contributed by atoms with Gasteiger partial charge in [-0.1, -0.05) is 25.1 Å². The zero-order valence-corrected chi connectivity index (χ0v) is 14.5. The average molecular weight is 381 g/mol. The van der Waals surface area contributed by atoms with Crippen molar-refractivity contribution in [3.63, 3.8) is 0 Å². The van der Waals surface area contributed by atoms with Crippen molar-refractivity contribution in [1.82, 2.24) is 0 Å². The van der Waals surface area contributed by atoms with Crippen molar-refractivity contribution in [2.24, 2.45) is 0 Å². The van der Waals surface area contributed by atoms with Crippen LogP contribution in [0.3, 0.4) is 0 Å². The van der Waals surface area contributed by atoms with Crippen LogP contribution in [0.1, 0.15) is 34.8 Å². The molecule has 2 N–H and O–H groups in total. The van der Waals surface area contributed by atoms with Gasteiger partial charge in [0.1, 0.15) is 5.75 Å². The number of amides is 1. The molecule has 2 rings (SSSR count). The number of aromatic carboxylic acids is 1. The maximum atomic E-state index is 13.0. The summed E-state index contributed by atoms with van der Waals surface area (Å²) in [6.07, 6.45) is -4.23. The number of hydrogen-bond acceptors (Lipinski definition) is 3. The molecule has 0 aromatic heterocycles. The lowest BCUT2D eigenvalue weighted by Gasteiger charge is -2.15. The molecule has 0 unspecified atom stereocenters. The Hall–Kier alpha value is -3.03. The average Bonchev–Trinajstić information content (AvgIpc) is 2.60. The van der Waals surface area contributed by atoms with E-state index in [1.807, 2.05) is 6.92 Å². The Bertz CT molecular complexity index is 834. The summed E-state index contributed by atoms with van der Waals surface area (Å²) < 4.78 is 44.3. The van der Waals surface area contributed by atoms with E-state index >= 15 is 0 Å². The third kappa shape index (κ3) is 5.47. The van der Waals surface area contributed by atoms with Crippen LogP contribution in [0.15, 0.2) is 42.5 Å². The first kappa shape index (κ1) is 20.3. The van der Waals surface area contributed by atoms with Crippen LogP contribution in [0.25, 0.3) is 0 Å². The molecule has 0 heterocycles. The molecule has 2 aromatic carbocycles. The molecule has 0 aliphatic rings. The maximum Gasteiger partial charge on any atom is 0.416 e. The van der Waals surface area contributed by atoms with Crippen molar-refractivity contribution in [3.05, 3.63) is 59.2 Å². The normalized spacial score (nSPS) is 11.1. The van der Waals surface area contributed by atoms with Gasteiger partial charge in [-0.05, 0) is 36.2 Å². The summed E-state index contributed by atoms with van der Waals surface area (Å²) in [5.41, 5.74) is -0.826. The summed E-state index contributed by atoms with van der Waals surface area (Å²) in [4.78, 5) is 23.5. The SMILES string of the molecule is CCCOc1ccc(C(F)(F)F)cc1NC(=O)Cc1ccccc1C(=O)O. The lowest BCUT2D eigenvalue weighted by Crippen LogP contribution is -2.18. The lowest BCUT2D eigenvalue weighted by molar-refractivity contribution is -0.137. The first-order chi connectivity index (χ1) is 12.7. The number of halogens is 3. The molecule has 0 saturated carbocycles. The number of hydrogen-bond donors (Lipinski definition) is 2. The Kier molecular flexibility index (Phi) is 6.44. The van der Waals surface area contributed by atoms with Crippen LogP contribution >= 0.6 is 0 Å². The van der Waals surface area contributed by atoms with Gasteiger partial charge in [0.2, 0.25) is 5.91 Å². The van der Waals surface area contributed by atoms with E-state index in [1.54, 1.807) is 6.07 Å². The summed E-state index contributed by atoms with van der Waals surface area (Å²) in [5, 5.41) is 11.5. The van der Waals surface area contributed by atoms with E-state index < -0.39 is 23.6 Å². The van der Waals surface area contributed by atoms with Crippen molar-refractivity contribution in [3.8, 4) is 5.75 Å².